The number of rotatable bonds is 5. The monoisotopic (exact) mass is 462 g/mol. The molecule has 0 atom stereocenters. The fourth-order valence-electron chi connectivity index (χ4n) is 2.85. The SMILES string of the molecule is CS/C=C/[P+](c1ccccc1)(c1ccccc1)c1ccccc1.[I-]. The van der Waals surface area contributed by atoms with Gasteiger partial charge in [-0.25, -0.2) is 0 Å². The van der Waals surface area contributed by atoms with Gasteiger partial charge in [-0.05, 0) is 42.7 Å². The largest absolute Gasteiger partial charge is 1.00 e. The minimum absolute atomic E-state index is 0. The van der Waals surface area contributed by atoms with E-state index in [1.807, 2.05) is 0 Å². The van der Waals surface area contributed by atoms with Gasteiger partial charge >= 0.3 is 0 Å². The van der Waals surface area contributed by atoms with Crippen LogP contribution in [0.5, 0.6) is 0 Å². The molecule has 3 aromatic carbocycles. The summed E-state index contributed by atoms with van der Waals surface area (Å²) in [5.74, 6) is 2.43. The molecule has 0 saturated carbocycles. The minimum Gasteiger partial charge on any atom is -1.00 e. The molecular weight excluding hydrogens is 442 g/mol. The number of benzene rings is 3. The fourth-order valence-corrected chi connectivity index (χ4v) is 7.40. The zero-order valence-corrected chi connectivity index (χ0v) is 17.4. The van der Waals surface area contributed by atoms with Crippen LogP contribution < -0.4 is 39.9 Å². The zero-order chi connectivity index (χ0) is 16.0. The van der Waals surface area contributed by atoms with Crippen molar-refractivity contribution in [2.24, 2.45) is 0 Å². The molecule has 0 heterocycles. The molecule has 0 nitrogen and oxygen atoms in total. The van der Waals surface area contributed by atoms with Gasteiger partial charge in [-0.2, -0.15) is 0 Å². The van der Waals surface area contributed by atoms with Crippen LogP contribution in [-0.2, 0) is 0 Å². The number of halogens is 1. The van der Waals surface area contributed by atoms with Crippen LogP contribution in [0.4, 0.5) is 0 Å². The molecule has 3 heteroatoms. The third-order valence-electron chi connectivity index (χ3n) is 3.91. The summed E-state index contributed by atoms with van der Waals surface area (Å²) in [6.07, 6.45) is 2.12. The van der Waals surface area contributed by atoms with Crippen molar-refractivity contribution in [1.82, 2.24) is 0 Å². The second-order valence-corrected chi connectivity index (χ2v) is 9.29. The lowest BCUT2D eigenvalue weighted by Crippen LogP contribution is -3.00. The van der Waals surface area contributed by atoms with Gasteiger partial charge in [0.05, 0.1) is 5.82 Å². The van der Waals surface area contributed by atoms with E-state index in [9.17, 15) is 0 Å². The van der Waals surface area contributed by atoms with Crippen molar-refractivity contribution in [1.29, 1.82) is 0 Å². The summed E-state index contributed by atoms with van der Waals surface area (Å²) < 4.78 is 0. The van der Waals surface area contributed by atoms with Crippen LogP contribution in [0.15, 0.2) is 102 Å². The van der Waals surface area contributed by atoms with Crippen LogP contribution in [0.1, 0.15) is 0 Å². The second-order valence-electron chi connectivity index (χ2n) is 5.25. The number of hydrogen-bond donors (Lipinski definition) is 0. The summed E-state index contributed by atoms with van der Waals surface area (Å²) in [5.41, 5.74) is 0. The van der Waals surface area contributed by atoms with Crippen molar-refractivity contribution in [2.75, 3.05) is 6.26 Å². The van der Waals surface area contributed by atoms with Crippen molar-refractivity contribution >= 4 is 34.9 Å². The topological polar surface area (TPSA) is 0 Å². The first-order valence-corrected chi connectivity index (χ1v) is 10.8. The van der Waals surface area contributed by atoms with Crippen LogP contribution >= 0.6 is 19.0 Å². The van der Waals surface area contributed by atoms with Gasteiger partial charge in [-0.3, -0.25) is 0 Å². The summed E-state index contributed by atoms with van der Waals surface area (Å²) in [6, 6.07) is 32.7. The quantitative estimate of drug-likeness (QED) is 0.412. The maximum atomic E-state index is 2.43. The molecule has 0 aliphatic rings. The maximum absolute atomic E-state index is 2.43. The summed E-state index contributed by atoms with van der Waals surface area (Å²) in [5, 5.41) is 6.41. The Hall–Kier alpha value is -1.09. The van der Waals surface area contributed by atoms with Crippen molar-refractivity contribution < 1.29 is 24.0 Å². The first-order chi connectivity index (χ1) is 11.4. The highest BCUT2D eigenvalue weighted by molar-refractivity contribution is 8.03. The minimum atomic E-state index is -1.77. The molecule has 0 aromatic heterocycles. The van der Waals surface area contributed by atoms with Crippen LogP contribution in [0.25, 0.3) is 0 Å². The van der Waals surface area contributed by atoms with Gasteiger partial charge in [-0.15, -0.1) is 11.8 Å². The van der Waals surface area contributed by atoms with E-state index in [-0.39, 0.29) is 24.0 Å². The molecule has 0 bridgehead atoms. The second kappa shape index (κ2) is 9.41. The lowest BCUT2D eigenvalue weighted by molar-refractivity contribution is -0.00000440. The van der Waals surface area contributed by atoms with Crippen molar-refractivity contribution in [3.63, 3.8) is 0 Å². The molecule has 122 valence electrons. The fraction of sp³-hybridized carbons (Fsp3) is 0.0476. The normalized spacial score (nSPS) is 11.2. The molecule has 3 rings (SSSR count). The summed E-state index contributed by atoms with van der Waals surface area (Å²) in [6.45, 7) is 0. The van der Waals surface area contributed by atoms with E-state index in [0.29, 0.717) is 0 Å². The number of hydrogen-bond acceptors (Lipinski definition) is 1. The lowest BCUT2D eigenvalue weighted by atomic mass is 10.4. The highest BCUT2D eigenvalue weighted by Gasteiger charge is 2.42. The maximum Gasteiger partial charge on any atom is 0.137 e. The highest BCUT2D eigenvalue weighted by atomic mass is 127. The van der Waals surface area contributed by atoms with E-state index in [0.717, 1.165) is 0 Å². The van der Waals surface area contributed by atoms with Gasteiger partial charge in [0.15, 0.2) is 0 Å². The predicted molar refractivity (Wildman–Crippen MR) is 108 cm³/mol. The van der Waals surface area contributed by atoms with E-state index in [2.05, 4.69) is 108 Å². The van der Waals surface area contributed by atoms with Crippen molar-refractivity contribution in [3.05, 3.63) is 102 Å². The Morgan fingerprint density at radius 3 is 1.25 bits per heavy atom. The van der Waals surface area contributed by atoms with Gasteiger partial charge in [0.2, 0.25) is 0 Å². The van der Waals surface area contributed by atoms with E-state index < -0.39 is 7.26 Å². The van der Waals surface area contributed by atoms with E-state index in [4.69, 9.17) is 0 Å². The number of thioether (sulfide) groups is 1. The average molecular weight is 462 g/mol. The molecule has 3 aromatic rings. The Morgan fingerprint density at radius 1 is 0.625 bits per heavy atom. The molecule has 0 saturated heterocycles. The predicted octanol–water partition coefficient (Wildman–Crippen LogP) is 1.82. The first-order valence-electron chi connectivity index (χ1n) is 7.64. The van der Waals surface area contributed by atoms with Gasteiger partial charge in [0, 0.05) is 5.41 Å². The van der Waals surface area contributed by atoms with Gasteiger partial charge in [-0.1, -0.05) is 54.6 Å². The van der Waals surface area contributed by atoms with Crippen LogP contribution in [-0.4, -0.2) is 6.26 Å². The van der Waals surface area contributed by atoms with Gasteiger partial charge in [0.1, 0.15) is 23.2 Å². The van der Waals surface area contributed by atoms with Gasteiger partial charge < -0.3 is 24.0 Å². The third-order valence-corrected chi connectivity index (χ3v) is 8.46. The lowest BCUT2D eigenvalue weighted by Gasteiger charge is -2.23. The third kappa shape index (κ3) is 3.93. The van der Waals surface area contributed by atoms with E-state index in [1.165, 1.54) is 15.9 Å². The highest BCUT2D eigenvalue weighted by Crippen LogP contribution is 2.57. The molecule has 0 aliphatic carbocycles. The molecule has 0 N–H and O–H groups in total. The van der Waals surface area contributed by atoms with Crippen LogP contribution in [0.2, 0.25) is 0 Å². The zero-order valence-electron chi connectivity index (χ0n) is 13.5. The molecule has 0 amide bonds. The molecule has 0 unspecified atom stereocenters. The molecule has 24 heavy (non-hydrogen) atoms. The smallest absolute Gasteiger partial charge is 0.137 e. The van der Waals surface area contributed by atoms with Crippen molar-refractivity contribution in [3.8, 4) is 0 Å². The Bertz CT molecular complexity index is 661. The molecule has 0 radical (unpaired) electrons. The standard InChI is InChI=1S/C21H20PS.HI/c1-23-18-17-22(19-11-5-2-6-12-19,20-13-7-3-8-14-20)21-15-9-4-10-16-21;/h2-18H,1H3;1H/q+1;/p-1/b18-17+;. The summed E-state index contributed by atoms with van der Waals surface area (Å²) in [7, 11) is -1.77. The summed E-state index contributed by atoms with van der Waals surface area (Å²) in [4.78, 5) is 0. The van der Waals surface area contributed by atoms with E-state index >= 15 is 0 Å². The van der Waals surface area contributed by atoms with Gasteiger partial charge in [0.25, 0.3) is 0 Å². The Labute approximate surface area is 166 Å². The van der Waals surface area contributed by atoms with Crippen LogP contribution in [0, 0.1) is 0 Å². The molecule has 0 fully saturated rings. The van der Waals surface area contributed by atoms with Crippen molar-refractivity contribution in [2.45, 2.75) is 0 Å². The first kappa shape index (κ1) is 19.2. The molecule has 0 spiro atoms. The Morgan fingerprint density at radius 2 is 0.958 bits per heavy atom. The molecular formula is C21H20IPS. The molecule has 0 aliphatic heterocycles. The van der Waals surface area contributed by atoms with Crippen LogP contribution in [0.3, 0.4) is 0 Å². The summed E-state index contributed by atoms with van der Waals surface area (Å²) >= 11 is 1.76. The Balaban J connectivity index is 0.00000208. The average Bonchev–Trinajstić information content (AvgIpc) is 2.65. The van der Waals surface area contributed by atoms with E-state index in [1.54, 1.807) is 11.8 Å². The Kier molecular flexibility index (Phi) is 7.54.